The molecule has 2 atom stereocenters. The van der Waals surface area contributed by atoms with E-state index in [0.29, 0.717) is 23.9 Å². The number of rotatable bonds is 42. The average molecular weight is 826 g/mol. The number of phosphoric ester groups is 1. The van der Waals surface area contributed by atoms with Gasteiger partial charge in [-0.3, -0.25) is 14.2 Å². The van der Waals surface area contributed by atoms with E-state index in [2.05, 4.69) is 50.3 Å². The molecular weight excluding hydrogens is 737 g/mol. The van der Waals surface area contributed by atoms with Crippen LogP contribution >= 0.6 is 7.82 Å². The fourth-order valence-corrected chi connectivity index (χ4v) is 6.92. The predicted octanol–water partition coefficient (Wildman–Crippen LogP) is 12.7. The fourth-order valence-electron chi connectivity index (χ4n) is 6.19. The molecule has 0 aromatic heterocycles. The Morgan fingerprint density at radius 3 is 1.46 bits per heavy atom. The summed E-state index contributed by atoms with van der Waals surface area (Å²) in [6, 6.07) is 0. The van der Waals surface area contributed by atoms with Gasteiger partial charge in [0.1, 0.15) is 19.8 Å². The van der Waals surface area contributed by atoms with Crippen LogP contribution in [0.5, 0.6) is 0 Å². The van der Waals surface area contributed by atoms with Gasteiger partial charge in [-0.15, -0.1) is 0 Å². The molecule has 0 heterocycles. The maximum Gasteiger partial charge on any atom is 0.306 e. The van der Waals surface area contributed by atoms with Gasteiger partial charge in [-0.05, 0) is 64.2 Å². The van der Waals surface area contributed by atoms with Crippen molar-refractivity contribution >= 4 is 19.8 Å². The van der Waals surface area contributed by atoms with Gasteiger partial charge in [0.25, 0.3) is 7.82 Å². The molecule has 0 radical (unpaired) electrons. The van der Waals surface area contributed by atoms with Crippen LogP contribution in [0.3, 0.4) is 0 Å². The third kappa shape index (κ3) is 43.6. The number of ether oxygens (including phenoxy) is 2. The van der Waals surface area contributed by atoms with Crippen LogP contribution < -0.4 is 4.89 Å². The Hall–Kier alpha value is -1.77. The molecule has 334 valence electrons. The maximum absolute atomic E-state index is 12.7. The lowest BCUT2D eigenvalue weighted by atomic mass is 10.1. The van der Waals surface area contributed by atoms with Gasteiger partial charge in [0, 0.05) is 12.8 Å². The number of carbonyl (C=O) groups excluding carboxylic acids is 2. The van der Waals surface area contributed by atoms with Crippen molar-refractivity contribution in [2.75, 3.05) is 47.5 Å². The fraction of sp³-hybridized carbons (Fsp3) is 0.830. The quantitative estimate of drug-likeness (QED) is 0.0197. The number of hydrogen-bond donors (Lipinski definition) is 0. The van der Waals surface area contributed by atoms with Crippen LogP contribution in [0.4, 0.5) is 0 Å². The molecule has 0 aliphatic carbocycles. The van der Waals surface area contributed by atoms with Gasteiger partial charge in [-0.25, -0.2) is 0 Å². The standard InChI is InChI=1S/C47H88NO8P/c1-6-8-10-12-14-16-18-20-22-23-24-25-26-28-30-32-34-36-38-40-47(50)56-45(44-55-57(51,52)54-42-41-48(3,4)5)43-53-46(49)39-37-35-33-31-29-27-21-19-17-15-13-11-9-7-2/h13,15,19-22,45H,6-12,14,16-18,23-44H2,1-5H3/b15-13+,21-19+,22-20+/t45-/m1/s1. The Labute approximate surface area is 351 Å². The molecule has 0 saturated heterocycles. The van der Waals surface area contributed by atoms with E-state index in [1.165, 1.54) is 96.3 Å². The van der Waals surface area contributed by atoms with Crippen molar-refractivity contribution in [3.63, 3.8) is 0 Å². The molecule has 0 fully saturated rings. The smallest absolute Gasteiger partial charge is 0.306 e. The Bertz CT molecular complexity index is 1070. The molecule has 10 heteroatoms. The summed E-state index contributed by atoms with van der Waals surface area (Å²) in [7, 11) is 1.16. The molecule has 9 nitrogen and oxygen atoms in total. The average Bonchev–Trinajstić information content (AvgIpc) is 3.16. The molecular formula is C47H88NO8P. The molecule has 0 aliphatic heterocycles. The van der Waals surface area contributed by atoms with E-state index in [4.69, 9.17) is 18.5 Å². The Kier molecular flexibility index (Phi) is 38.4. The van der Waals surface area contributed by atoms with Gasteiger partial charge in [0.05, 0.1) is 27.7 Å². The van der Waals surface area contributed by atoms with E-state index in [-0.39, 0.29) is 26.1 Å². The summed E-state index contributed by atoms with van der Waals surface area (Å²) in [6.07, 6.45) is 44.5. The lowest BCUT2D eigenvalue weighted by molar-refractivity contribution is -0.870. The molecule has 0 bridgehead atoms. The Morgan fingerprint density at radius 1 is 0.544 bits per heavy atom. The van der Waals surface area contributed by atoms with Crippen LogP contribution in [0.15, 0.2) is 36.5 Å². The van der Waals surface area contributed by atoms with Crippen LogP contribution in [0, 0.1) is 0 Å². The number of hydrogen-bond acceptors (Lipinski definition) is 8. The van der Waals surface area contributed by atoms with Gasteiger partial charge in [0.2, 0.25) is 0 Å². The van der Waals surface area contributed by atoms with Gasteiger partial charge < -0.3 is 27.9 Å². The van der Waals surface area contributed by atoms with E-state index >= 15 is 0 Å². The highest BCUT2D eigenvalue weighted by Gasteiger charge is 2.21. The van der Waals surface area contributed by atoms with Gasteiger partial charge in [0.15, 0.2) is 6.10 Å². The van der Waals surface area contributed by atoms with Crippen LogP contribution in [0.1, 0.15) is 200 Å². The highest BCUT2D eigenvalue weighted by Crippen LogP contribution is 2.38. The topological polar surface area (TPSA) is 111 Å². The zero-order valence-electron chi connectivity index (χ0n) is 37.5. The van der Waals surface area contributed by atoms with Crippen LogP contribution in [-0.4, -0.2) is 70.0 Å². The second-order valence-electron chi connectivity index (χ2n) is 16.8. The molecule has 1 unspecified atom stereocenters. The summed E-state index contributed by atoms with van der Waals surface area (Å²) in [5.41, 5.74) is 0. The van der Waals surface area contributed by atoms with E-state index in [0.717, 1.165) is 64.2 Å². The SMILES string of the molecule is CCCC/C=C/C/C=C/CCCCCCCC(=O)OC[C@H](COP(=O)([O-])OCC[N+](C)(C)C)OC(=O)CCCCCCCCCCC/C=C/CCCCCCCC. The molecule has 0 aromatic carbocycles. The first-order valence-corrected chi connectivity index (χ1v) is 24.7. The molecule has 0 amide bonds. The molecule has 0 spiro atoms. The molecule has 0 saturated carbocycles. The first-order valence-electron chi connectivity index (χ1n) is 23.2. The third-order valence-electron chi connectivity index (χ3n) is 9.88. The first kappa shape index (κ1) is 55.2. The molecule has 57 heavy (non-hydrogen) atoms. The summed E-state index contributed by atoms with van der Waals surface area (Å²) in [5, 5.41) is 0. The lowest BCUT2D eigenvalue weighted by Crippen LogP contribution is -2.37. The number of allylic oxidation sites excluding steroid dienone is 6. The number of esters is 2. The minimum atomic E-state index is -4.63. The summed E-state index contributed by atoms with van der Waals surface area (Å²) in [5.74, 6) is -0.850. The zero-order chi connectivity index (χ0) is 42.1. The van der Waals surface area contributed by atoms with Gasteiger partial charge >= 0.3 is 11.9 Å². The number of carbonyl (C=O) groups is 2. The van der Waals surface area contributed by atoms with Crippen LogP contribution in [0.2, 0.25) is 0 Å². The Morgan fingerprint density at radius 2 is 0.965 bits per heavy atom. The monoisotopic (exact) mass is 826 g/mol. The van der Waals surface area contributed by atoms with Crippen molar-refractivity contribution in [2.24, 2.45) is 0 Å². The minimum Gasteiger partial charge on any atom is -0.756 e. The summed E-state index contributed by atoms with van der Waals surface area (Å²) in [4.78, 5) is 37.6. The van der Waals surface area contributed by atoms with Crippen molar-refractivity contribution in [2.45, 2.75) is 206 Å². The first-order chi connectivity index (χ1) is 27.5. The second kappa shape index (κ2) is 39.7. The second-order valence-corrected chi connectivity index (χ2v) is 18.2. The Balaban J connectivity index is 4.32. The van der Waals surface area contributed by atoms with Gasteiger partial charge in [-0.2, -0.15) is 0 Å². The van der Waals surface area contributed by atoms with Gasteiger partial charge in [-0.1, -0.05) is 159 Å². The number of nitrogens with zero attached hydrogens (tertiary/aromatic N) is 1. The van der Waals surface area contributed by atoms with Crippen molar-refractivity contribution < 1.29 is 42.1 Å². The van der Waals surface area contributed by atoms with Crippen molar-refractivity contribution in [3.8, 4) is 0 Å². The predicted molar refractivity (Wildman–Crippen MR) is 236 cm³/mol. The van der Waals surface area contributed by atoms with Crippen molar-refractivity contribution in [1.29, 1.82) is 0 Å². The van der Waals surface area contributed by atoms with E-state index in [1.807, 2.05) is 21.1 Å². The summed E-state index contributed by atoms with van der Waals surface area (Å²) < 4.78 is 33.9. The maximum atomic E-state index is 12.7. The number of quaternary nitrogens is 1. The largest absolute Gasteiger partial charge is 0.756 e. The minimum absolute atomic E-state index is 0.0335. The van der Waals surface area contributed by atoms with E-state index in [1.54, 1.807) is 0 Å². The van der Waals surface area contributed by atoms with Crippen molar-refractivity contribution in [1.82, 2.24) is 0 Å². The van der Waals surface area contributed by atoms with E-state index < -0.39 is 32.5 Å². The number of unbranched alkanes of at least 4 members (excludes halogenated alkanes) is 22. The zero-order valence-corrected chi connectivity index (χ0v) is 38.4. The highest BCUT2D eigenvalue weighted by atomic mass is 31.2. The molecule has 0 aromatic rings. The normalized spacial score (nSPS) is 13.9. The summed E-state index contributed by atoms with van der Waals surface area (Å²) in [6.45, 7) is 4.17. The van der Waals surface area contributed by atoms with Crippen LogP contribution in [0.25, 0.3) is 0 Å². The number of phosphoric acid groups is 1. The van der Waals surface area contributed by atoms with E-state index in [9.17, 15) is 19.0 Å². The summed E-state index contributed by atoms with van der Waals surface area (Å²) >= 11 is 0. The van der Waals surface area contributed by atoms with Crippen LogP contribution in [-0.2, 0) is 32.7 Å². The molecule has 0 N–H and O–H groups in total. The molecule has 0 rings (SSSR count). The third-order valence-corrected chi connectivity index (χ3v) is 10.8. The lowest BCUT2D eigenvalue weighted by Gasteiger charge is -2.28. The highest BCUT2D eigenvalue weighted by molar-refractivity contribution is 7.45. The van der Waals surface area contributed by atoms with Crippen molar-refractivity contribution in [3.05, 3.63) is 36.5 Å². The molecule has 0 aliphatic rings. The number of likely N-dealkylation sites (N-methyl/N-ethyl adjacent to an activating group) is 1.